The Labute approximate surface area is 128 Å². The molecule has 0 spiro atoms. The molecule has 0 aliphatic heterocycles. The third kappa shape index (κ3) is 2.70. The zero-order valence-corrected chi connectivity index (χ0v) is 13.6. The number of ether oxygens (including phenoxy) is 1. The Morgan fingerprint density at radius 2 is 2.24 bits per heavy atom. The zero-order valence-electron chi connectivity index (χ0n) is 13.6. The molecule has 118 valence electrons. The molecule has 3 rings (SSSR count). The number of rotatable bonds is 7. The first kappa shape index (κ1) is 14.9. The van der Waals surface area contributed by atoms with Crippen LogP contribution < -0.4 is 10.1 Å². The van der Waals surface area contributed by atoms with Crippen molar-refractivity contribution in [1.29, 1.82) is 0 Å². The number of hydrogen-bond donors (Lipinski definition) is 1. The van der Waals surface area contributed by atoms with Crippen LogP contribution >= 0.6 is 0 Å². The zero-order chi connectivity index (χ0) is 14.8. The number of fused-ring (bicyclic) bond motifs is 2. The molecule has 0 saturated heterocycles. The second-order valence-electron chi connectivity index (χ2n) is 6.70. The molecule has 0 amide bonds. The van der Waals surface area contributed by atoms with E-state index >= 15 is 0 Å². The lowest BCUT2D eigenvalue weighted by molar-refractivity contribution is 0.238. The lowest BCUT2D eigenvalue weighted by atomic mass is 9.81. The van der Waals surface area contributed by atoms with Crippen LogP contribution in [0.5, 0.6) is 5.75 Å². The van der Waals surface area contributed by atoms with E-state index in [-0.39, 0.29) is 0 Å². The fourth-order valence-electron chi connectivity index (χ4n) is 4.61. The molecule has 1 heterocycles. The van der Waals surface area contributed by atoms with Crippen LogP contribution in [0.15, 0.2) is 6.20 Å². The molecule has 2 aliphatic rings. The fraction of sp³-hybridized carbons (Fsp3) is 0.824. The largest absolute Gasteiger partial charge is 0.493 e. The van der Waals surface area contributed by atoms with Gasteiger partial charge in [-0.1, -0.05) is 20.3 Å². The Morgan fingerprint density at radius 3 is 2.81 bits per heavy atom. The molecular weight excluding hydrogens is 262 g/mol. The normalized spacial score (nSPS) is 29.0. The Hall–Kier alpha value is -1.03. The monoisotopic (exact) mass is 291 g/mol. The van der Waals surface area contributed by atoms with E-state index in [1.807, 2.05) is 6.20 Å². The van der Waals surface area contributed by atoms with Crippen LogP contribution in [-0.4, -0.2) is 23.4 Å². The van der Waals surface area contributed by atoms with Gasteiger partial charge in [0.2, 0.25) is 0 Å². The highest BCUT2D eigenvalue weighted by atomic mass is 16.5. The number of methoxy groups -OCH3 is 1. The van der Waals surface area contributed by atoms with Gasteiger partial charge in [0.1, 0.15) is 0 Å². The molecule has 1 N–H and O–H groups in total. The van der Waals surface area contributed by atoms with Gasteiger partial charge < -0.3 is 10.1 Å². The van der Waals surface area contributed by atoms with Crippen LogP contribution in [-0.2, 0) is 6.54 Å². The molecule has 2 aliphatic carbocycles. The van der Waals surface area contributed by atoms with Crippen LogP contribution in [0.3, 0.4) is 0 Å². The predicted molar refractivity (Wildman–Crippen MR) is 84.4 cm³/mol. The Kier molecular flexibility index (Phi) is 4.53. The quantitative estimate of drug-likeness (QED) is 0.837. The van der Waals surface area contributed by atoms with Crippen molar-refractivity contribution in [2.45, 2.75) is 58.5 Å². The van der Waals surface area contributed by atoms with Crippen molar-refractivity contribution in [1.82, 2.24) is 15.1 Å². The first-order valence-electron chi connectivity index (χ1n) is 8.61. The van der Waals surface area contributed by atoms with E-state index in [4.69, 9.17) is 4.74 Å². The molecule has 4 heteroatoms. The van der Waals surface area contributed by atoms with Gasteiger partial charge in [-0.05, 0) is 50.0 Å². The minimum absolute atomic E-state index is 0.397. The maximum Gasteiger partial charge on any atom is 0.161 e. The van der Waals surface area contributed by atoms with Gasteiger partial charge in [-0.15, -0.1) is 0 Å². The number of aromatic nitrogens is 2. The number of hydrogen-bond acceptors (Lipinski definition) is 3. The van der Waals surface area contributed by atoms with Gasteiger partial charge in [0.05, 0.1) is 25.0 Å². The number of nitrogens with one attached hydrogen (secondary N) is 1. The third-order valence-electron chi connectivity index (χ3n) is 5.44. The van der Waals surface area contributed by atoms with Crippen molar-refractivity contribution in [3.63, 3.8) is 0 Å². The second kappa shape index (κ2) is 6.39. The molecule has 0 aromatic carbocycles. The van der Waals surface area contributed by atoms with Crippen LogP contribution in [0.1, 0.15) is 57.7 Å². The lowest BCUT2D eigenvalue weighted by Crippen LogP contribution is -2.33. The Morgan fingerprint density at radius 1 is 1.38 bits per heavy atom. The molecule has 1 aromatic heterocycles. The molecular formula is C17H29N3O. The topological polar surface area (TPSA) is 39.1 Å². The van der Waals surface area contributed by atoms with Gasteiger partial charge in [-0.25, -0.2) is 0 Å². The first-order chi connectivity index (χ1) is 10.3. The fourth-order valence-corrected chi connectivity index (χ4v) is 4.61. The van der Waals surface area contributed by atoms with E-state index in [2.05, 4.69) is 28.9 Å². The summed E-state index contributed by atoms with van der Waals surface area (Å²) in [6.07, 6.45) is 8.68. The van der Waals surface area contributed by atoms with Gasteiger partial charge in [0.15, 0.2) is 5.75 Å². The first-order valence-corrected chi connectivity index (χ1v) is 8.61. The predicted octanol–water partition coefficient (Wildman–Crippen LogP) is 3.39. The van der Waals surface area contributed by atoms with Crippen molar-refractivity contribution in [2.75, 3.05) is 13.7 Å². The van der Waals surface area contributed by atoms with Crippen molar-refractivity contribution >= 4 is 0 Å². The highest BCUT2D eigenvalue weighted by Gasteiger charge is 2.44. The molecule has 0 radical (unpaired) electrons. The van der Waals surface area contributed by atoms with Crippen molar-refractivity contribution in [2.24, 2.45) is 17.8 Å². The van der Waals surface area contributed by atoms with E-state index in [9.17, 15) is 0 Å². The van der Waals surface area contributed by atoms with Gasteiger partial charge in [0, 0.05) is 6.54 Å². The summed E-state index contributed by atoms with van der Waals surface area (Å²) in [7, 11) is 1.76. The maximum atomic E-state index is 5.62. The summed E-state index contributed by atoms with van der Waals surface area (Å²) in [5, 5.41) is 8.31. The standard InChI is InChI=1S/C17H29N3O/c1-4-8-20-17(15(21-3)11-19-20)16(18-5-2)14-10-12-6-7-13(14)9-12/h11-14,16,18H,4-10H2,1-3H3. The minimum atomic E-state index is 0.397. The van der Waals surface area contributed by atoms with Crippen LogP contribution in [0.4, 0.5) is 0 Å². The third-order valence-corrected chi connectivity index (χ3v) is 5.44. The molecule has 2 fully saturated rings. The average molecular weight is 291 g/mol. The molecule has 2 bridgehead atoms. The van der Waals surface area contributed by atoms with E-state index in [1.165, 1.54) is 31.4 Å². The maximum absolute atomic E-state index is 5.62. The summed E-state index contributed by atoms with van der Waals surface area (Å²) in [5.74, 6) is 3.57. The Bertz CT molecular complexity index is 471. The summed E-state index contributed by atoms with van der Waals surface area (Å²) in [4.78, 5) is 0. The minimum Gasteiger partial charge on any atom is -0.493 e. The summed E-state index contributed by atoms with van der Waals surface area (Å²) in [6.45, 7) is 6.38. The van der Waals surface area contributed by atoms with Crippen molar-refractivity contribution < 1.29 is 4.74 Å². The summed E-state index contributed by atoms with van der Waals surface area (Å²) in [5.41, 5.74) is 1.28. The smallest absolute Gasteiger partial charge is 0.161 e. The number of aryl methyl sites for hydroxylation is 1. The van der Waals surface area contributed by atoms with Crippen LogP contribution in [0.2, 0.25) is 0 Å². The summed E-state index contributed by atoms with van der Waals surface area (Å²) >= 11 is 0. The van der Waals surface area contributed by atoms with Crippen LogP contribution in [0.25, 0.3) is 0 Å². The molecule has 2 saturated carbocycles. The van der Waals surface area contributed by atoms with Crippen LogP contribution in [0, 0.1) is 17.8 Å². The highest BCUT2D eigenvalue weighted by Crippen LogP contribution is 2.53. The van der Waals surface area contributed by atoms with Gasteiger partial charge in [-0.3, -0.25) is 4.68 Å². The molecule has 4 unspecified atom stereocenters. The summed E-state index contributed by atoms with van der Waals surface area (Å²) < 4.78 is 7.78. The van der Waals surface area contributed by atoms with Crippen molar-refractivity contribution in [3.8, 4) is 5.75 Å². The van der Waals surface area contributed by atoms with E-state index in [0.717, 1.165) is 43.0 Å². The van der Waals surface area contributed by atoms with Gasteiger partial charge >= 0.3 is 0 Å². The SMILES string of the molecule is CCCn1ncc(OC)c1C(NCC)C1CC2CCC1C2. The lowest BCUT2D eigenvalue weighted by Gasteiger charge is -2.32. The molecule has 4 nitrogen and oxygen atoms in total. The van der Waals surface area contributed by atoms with Gasteiger partial charge in [-0.2, -0.15) is 5.10 Å². The van der Waals surface area contributed by atoms with E-state index in [0.29, 0.717) is 6.04 Å². The van der Waals surface area contributed by atoms with E-state index in [1.54, 1.807) is 7.11 Å². The average Bonchev–Trinajstić information content (AvgIpc) is 3.20. The molecule has 1 aromatic rings. The summed E-state index contributed by atoms with van der Waals surface area (Å²) in [6, 6.07) is 0.397. The second-order valence-corrected chi connectivity index (χ2v) is 6.70. The Balaban J connectivity index is 1.91. The van der Waals surface area contributed by atoms with Gasteiger partial charge in [0.25, 0.3) is 0 Å². The highest BCUT2D eigenvalue weighted by molar-refractivity contribution is 5.29. The van der Waals surface area contributed by atoms with Crippen molar-refractivity contribution in [3.05, 3.63) is 11.9 Å². The molecule has 21 heavy (non-hydrogen) atoms. The number of nitrogens with zero attached hydrogens (tertiary/aromatic N) is 2. The van der Waals surface area contributed by atoms with E-state index < -0.39 is 0 Å². The molecule has 4 atom stereocenters.